The SMILES string of the molecule is CC1CC=CCC1COCc1cc(CN)co1. The van der Waals surface area contributed by atoms with Crippen LogP contribution < -0.4 is 5.73 Å². The predicted octanol–water partition coefficient (Wildman–Crippen LogP) is 2.86. The van der Waals surface area contributed by atoms with Crippen molar-refractivity contribution in [1.29, 1.82) is 0 Å². The van der Waals surface area contributed by atoms with E-state index in [0.29, 0.717) is 19.1 Å². The molecule has 0 fully saturated rings. The van der Waals surface area contributed by atoms with E-state index in [-0.39, 0.29) is 0 Å². The van der Waals surface area contributed by atoms with Crippen molar-refractivity contribution in [3.05, 3.63) is 35.8 Å². The fourth-order valence-corrected chi connectivity index (χ4v) is 2.16. The van der Waals surface area contributed by atoms with Crippen LogP contribution in [-0.4, -0.2) is 6.61 Å². The minimum atomic E-state index is 0.522. The molecule has 2 N–H and O–H groups in total. The highest BCUT2D eigenvalue weighted by Gasteiger charge is 2.18. The van der Waals surface area contributed by atoms with Crippen LogP contribution in [0.25, 0.3) is 0 Å². The maximum atomic E-state index is 5.72. The third-order valence-corrected chi connectivity index (χ3v) is 3.44. The van der Waals surface area contributed by atoms with Crippen LogP contribution in [-0.2, 0) is 17.9 Å². The molecule has 0 saturated carbocycles. The molecule has 0 aliphatic heterocycles. The number of hydrogen-bond acceptors (Lipinski definition) is 3. The maximum Gasteiger partial charge on any atom is 0.129 e. The van der Waals surface area contributed by atoms with Crippen molar-refractivity contribution in [2.75, 3.05) is 6.61 Å². The molecule has 17 heavy (non-hydrogen) atoms. The number of nitrogens with two attached hydrogens (primary N) is 1. The Balaban J connectivity index is 1.73. The molecule has 1 aliphatic rings. The third kappa shape index (κ3) is 3.45. The van der Waals surface area contributed by atoms with Gasteiger partial charge in [-0.1, -0.05) is 19.1 Å². The Hall–Kier alpha value is -1.06. The van der Waals surface area contributed by atoms with Crippen LogP contribution in [0.3, 0.4) is 0 Å². The first kappa shape index (κ1) is 12.4. The first-order chi connectivity index (χ1) is 8.29. The zero-order valence-electron chi connectivity index (χ0n) is 10.4. The second kappa shape index (κ2) is 6.03. The van der Waals surface area contributed by atoms with E-state index in [9.17, 15) is 0 Å². The van der Waals surface area contributed by atoms with E-state index in [1.54, 1.807) is 6.26 Å². The summed E-state index contributed by atoms with van der Waals surface area (Å²) in [5, 5.41) is 0. The minimum absolute atomic E-state index is 0.522. The van der Waals surface area contributed by atoms with Crippen molar-refractivity contribution in [3.8, 4) is 0 Å². The van der Waals surface area contributed by atoms with Crippen LogP contribution in [0.5, 0.6) is 0 Å². The number of furan rings is 1. The first-order valence-electron chi connectivity index (χ1n) is 6.28. The van der Waals surface area contributed by atoms with Gasteiger partial charge in [0, 0.05) is 12.1 Å². The highest BCUT2D eigenvalue weighted by atomic mass is 16.5. The van der Waals surface area contributed by atoms with E-state index in [2.05, 4.69) is 19.1 Å². The van der Waals surface area contributed by atoms with Crippen LogP contribution in [0.1, 0.15) is 31.1 Å². The quantitative estimate of drug-likeness (QED) is 0.798. The van der Waals surface area contributed by atoms with Gasteiger partial charge in [0.25, 0.3) is 0 Å². The van der Waals surface area contributed by atoms with Crippen LogP contribution in [0.15, 0.2) is 28.9 Å². The standard InChI is InChI=1S/C14H21NO2/c1-11-4-2-3-5-13(11)9-16-10-14-6-12(7-15)8-17-14/h2-3,6,8,11,13H,4-5,7,9-10,15H2,1H3. The van der Waals surface area contributed by atoms with E-state index in [1.165, 1.54) is 6.42 Å². The Morgan fingerprint density at radius 1 is 1.41 bits per heavy atom. The summed E-state index contributed by atoms with van der Waals surface area (Å²) in [6.45, 7) is 4.17. The number of hydrogen-bond donors (Lipinski definition) is 1. The molecule has 0 radical (unpaired) electrons. The first-order valence-corrected chi connectivity index (χ1v) is 6.28. The molecule has 0 amide bonds. The second-order valence-electron chi connectivity index (χ2n) is 4.82. The van der Waals surface area contributed by atoms with Crippen LogP contribution in [0.2, 0.25) is 0 Å². The number of rotatable bonds is 5. The molecule has 2 rings (SSSR count). The lowest BCUT2D eigenvalue weighted by Gasteiger charge is -2.24. The molecular weight excluding hydrogens is 214 g/mol. The Labute approximate surface area is 103 Å². The molecule has 2 unspecified atom stereocenters. The molecule has 2 atom stereocenters. The van der Waals surface area contributed by atoms with Crippen LogP contribution >= 0.6 is 0 Å². The summed E-state index contributed by atoms with van der Waals surface area (Å²) in [4.78, 5) is 0. The van der Waals surface area contributed by atoms with E-state index in [0.717, 1.165) is 30.3 Å². The van der Waals surface area contributed by atoms with Gasteiger partial charge in [-0.15, -0.1) is 0 Å². The summed E-state index contributed by atoms with van der Waals surface area (Å²) in [7, 11) is 0. The van der Waals surface area contributed by atoms with Crippen LogP contribution in [0.4, 0.5) is 0 Å². The molecular formula is C14H21NO2. The van der Waals surface area contributed by atoms with Crippen molar-refractivity contribution >= 4 is 0 Å². The van der Waals surface area contributed by atoms with Gasteiger partial charge in [0.15, 0.2) is 0 Å². The number of ether oxygens (including phenoxy) is 1. The van der Waals surface area contributed by atoms with Gasteiger partial charge in [-0.05, 0) is 30.7 Å². The average molecular weight is 235 g/mol. The van der Waals surface area contributed by atoms with Crippen molar-refractivity contribution in [3.63, 3.8) is 0 Å². The summed E-state index contributed by atoms with van der Waals surface area (Å²) in [6, 6.07) is 1.96. The molecule has 0 aromatic carbocycles. The Morgan fingerprint density at radius 3 is 2.94 bits per heavy atom. The van der Waals surface area contributed by atoms with Crippen LogP contribution in [0, 0.1) is 11.8 Å². The van der Waals surface area contributed by atoms with E-state index in [1.807, 2.05) is 6.07 Å². The van der Waals surface area contributed by atoms with Gasteiger partial charge >= 0.3 is 0 Å². The monoisotopic (exact) mass is 235 g/mol. The maximum absolute atomic E-state index is 5.72. The molecule has 94 valence electrons. The Morgan fingerprint density at radius 2 is 2.24 bits per heavy atom. The van der Waals surface area contributed by atoms with E-state index in [4.69, 9.17) is 14.9 Å². The number of allylic oxidation sites excluding steroid dienone is 2. The molecule has 1 aromatic heterocycles. The van der Waals surface area contributed by atoms with Crippen molar-refractivity contribution < 1.29 is 9.15 Å². The van der Waals surface area contributed by atoms with Crippen molar-refractivity contribution in [2.24, 2.45) is 17.6 Å². The van der Waals surface area contributed by atoms with Gasteiger partial charge in [-0.25, -0.2) is 0 Å². The molecule has 1 aliphatic carbocycles. The molecule has 1 aromatic rings. The minimum Gasteiger partial charge on any atom is -0.467 e. The lowest BCUT2D eigenvalue weighted by Crippen LogP contribution is -2.19. The Bertz CT molecular complexity index is 370. The highest BCUT2D eigenvalue weighted by Crippen LogP contribution is 2.25. The molecule has 3 nitrogen and oxygen atoms in total. The van der Waals surface area contributed by atoms with Crippen molar-refractivity contribution in [1.82, 2.24) is 0 Å². The lowest BCUT2D eigenvalue weighted by molar-refractivity contribution is 0.0583. The summed E-state index contributed by atoms with van der Waals surface area (Å²) in [5.41, 5.74) is 6.54. The summed E-state index contributed by atoms with van der Waals surface area (Å²) in [5.74, 6) is 2.23. The molecule has 0 saturated heterocycles. The van der Waals surface area contributed by atoms with Gasteiger partial charge in [-0.2, -0.15) is 0 Å². The molecule has 0 spiro atoms. The van der Waals surface area contributed by atoms with E-state index < -0.39 is 0 Å². The average Bonchev–Trinajstić information content (AvgIpc) is 2.80. The lowest BCUT2D eigenvalue weighted by atomic mass is 9.85. The fourth-order valence-electron chi connectivity index (χ4n) is 2.16. The fraction of sp³-hybridized carbons (Fsp3) is 0.571. The van der Waals surface area contributed by atoms with Crippen molar-refractivity contribution in [2.45, 2.75) is 32.9 Å². The normalized spacial score (nSPS) is 24.1. The summed E-state index contributed by atoms with van der Waals surface area (Å²) in [6.07, 6.45) is 8.53. The molecule has 1 heterocycles. The molecule has 3 heteroatoms. The van der Waals surface area contributed by atoms with Gasteiger partial charge in [0.2, 0.25) is 0 Å². The van der Waals surface area contributed by atoms with Gasteiger partial charge in [0.1, 0.15) is 12.4 Å². The zero-order valence-corrected chi connectivity index (χ0v) is 10.4. The largest absolute Gasteiger partial charge is 0.467 e. The second-order valence-corrected chi connectivity index (χ2v) is 4.82. The molecule has 0 bridgehead atoms. The summed E-state index contributed by atoms with van der Waals surface area (Å²) >= 11 is 0. The predicted molar refractivity (Wildman–Crippen MR) is 67.3 cm³/mol. The topological polar surface area (TPSA) is 48.4 Å². The van der Waals surface area contributed by atoms with Gasteiger partial charge < -0.3 is 14.9 Å². The third-order valence-electron chi connectivity index (χ3n) is 3.44. The van der Waals surface area contributed by atoms with E-state index >= 15 is 0 Å². The van der Waals surface area contributed by atoms with Gasteiger partial charge in [0.05, 0.1) is 12.9 Å². The summed E-state index contributed by atoms with van der Waals surface area (Å²) < 4.78 is 11.1. The Kier molecular flexibility index (Phi) is 4.40. The zero-order chi connectivity index (χ0) is 12.1. The smallest absolute Gasteiger partial charge is 0.129 e. The van der Waals surface area contributed by atoms with Gasteiger partial charge in [-0.3, -0.25) is 0 Å². The highest BCUT2D eigenvalue weighted by molar-refractivity contribution is 5.11.